The Bertz CT molecular complexity index is 86.5. The minimum atomic E-state index is 0. The van der Waals surface area contributed by atoms with Gasteiger partial charge in [0.2, 0.25) is 0 Å². The van der Waals surface area contributed by atoms with Gasteiger partial charge in [0.1, 0.15) is 0 Å². The van der Waals surface area contributed by atoms with Gasteiger partial charge in [0, 0.05) is 6.42 Å². The van der Waals surface area contributed by atoms with Crippen LogP contribution in [0.3, 0.4) is 0 Å². The first-order valence-electron chi connectivity index (χ1n) is 2.77. The van der Waals surface area contributed by atoms with Crippen molar-refractivity contribution in [1.29, 1.82) is 0 Å². The zero-order chi connectivity index (χ0) is 5.11. The maximum Gasteiger partial charge on any atom is 0.0882 e. The van der Waals surface area contributed by atoms with Crippen LogP contribution in [0, 0.1) is 0 Å². The van der Waals surface area contributed by atoms with Gasteiger partial charge in [-0.25, -0.2) is 0 Å². The second-order valence-corrected chi connectivity index (χ2v) is 1.94. The van der Waals surface area contributed by atoms with E-state index in [-0.39, 0.29) is 5.48 Å². The minimum Gasteiger partial charge on any atom is -0.513 e. The molecule has 0 bridgehead atoms. The molecule has 3 N–H and O–H groups in total. The molecule has 2 heteroatoms. The average molecular weight is 116 g/mol. The van der Waals surface area contributed by atoms with Crippen molar-refractivity contribution < 1.29 is 10.6 Å². The van der Waals surface area contributed by atoms with Crippen LogP contribution in [0.4, 0.5) is 0 Å². The lowest BCUT2D eigenvalue weighted by Gasteiger charge is -2.04. The third-order valence-corrected chi connectivity index (χ3v) is 1.27. The third-order valence-electron chi connectivity index (χ3n) is 1.27. The van der Waals surface area contributed by atoms with Crippen LogP contribution in [-0.2, 0) is 0 Å². The first kappa shape index (κ1) is 7.50. The smallest absolute Gasteiger partial charge is 0.0882 e. The van der Waals surface area contributed by atoms with Gasteiger partial charge in [-0.1, -0.05) is 0 Å². The van der Waals surface area contributed by atoms with Crippen molar-refractivity contribution in [3.8, 4) is 0 Å². The molecular formula is C6H12O2. The van der Waals surface area contributed by atoms with Crippen LogP contribution in [0.5, 0.6) is 0 Å². The van der Waals surface area contributed by atoms with E-state index in [4.69, 9.17) is 5.11 Å². The van der Waals surface area contributed by atoms with E-state index < -0.39 is 0 Å². The highest BCUT2D eigenvalue weighted by Crippen LogP contribution is 2.13. The molecule has 0 spiro atoms. The summed E-state index contributed by atoms with van der Waals surface area (Å²) in [7, 11) is 0. The summed E-state index contributed by atoms with van der Waals surface area (Å²) in [5.41, 5.74) is 0. The second-order valence-electron chi connectivity index (χ2n) is 1.94. The molecule has 0 amide bonds. The van der Waals surface area contributed by atoms with Crippen molar-refractivity contribution in [1.82, 2.24) is 0 Å². The van der Waals surface area contributed by atoms with Crippen molar-refractivity contribution in [3.63, 3.8) is 0 Å². The van der Waals surface area contributed by atoms with Crippen LogP contribution in [0.2, 0.25) is 0 Å². The molecule has 48 valence electrons. The van der Waals surface area contributed by atoms with Gasteiger partial charge in [-0.2, -0.15) is 0 Å². The van der Waals surface area contributed by atoms with Crippen LogP contribution < -0.4 is 0 Å². The van der Waals surface area contributed by atoms with Gasteiger partial charge in [-0.3, -0.25) is 0 Å². The Morgan fingerprint density at radius 1 is 1.38 bits per heavy atom. The molecular weight excluding hydrogens is 104 g/mol. The van der Waals surface area contributed by atoms with Crippen molar-refractivity contribution >= 4 is 0 Å². The van der Waals surface area contributed by atoms with Gasteiger partial charge >= 0.3 is 0 Å². The Morgan fingerprint density at radius 3 is 2.38 bits per heavy atom. The zero-order valence-corrected chi connectivity index (χ0v) is 4.85. The molecule has 1 aliphatic carbocycles. The van der Waals surface area contributed by atoms with Crippen LogP contribution in [0.25, 0.3) is 0 Å². The Hall–Kier alpha value is -0.500. The van der Waals surface area contributed by atoms with E-state index in [9.17, 15) is 0 Å². The molecule has 2 nitrogen and oxygen atoms in total. The van der Waals surface area contributed by atoms with Crippen molar-refractivity contribution in [2.75, 3.05) is 0 Å². The highest BCUT2D eigenvalue weighted by atomic mass is 16.3. The summed E-state index contributed by atoms with van der Waals surface area (Å²) in [4.78, 5) is 0. The Labute approximate surface area is 49.1 Å². The number of allylic oxidation sites excluding steroid dienone is 2. The summed E-state index contributed by atoms with van der Waals surface area (Å²) in [6.07, 6.45) is 6.31. The van der Waals surface area contributed by atoms with Gasteiger partial charge in [0.15, 0.2) is 0 Å². The zero-order valence-electron chi connectivity index (χ0n) is 4.85. The first-order chi connectivity index (χ1) is 3.39. The Kier molecular flexibility index (Phi) is 3.28. The second kappa shape index (κ2) is 3.50. The van der Waals surface area contributed by atoms with Crippen LogP contribution in [0.15, 0.2) is 11.8 Å². The third kappa shape index (κ3) is 1.98. The lowest BCUT2D eigenvalue weighted by Crippen LogP contribution is -1.88. The number of aliphatic hydroxyl groups excluding tert-OH is 1. The summed E-state index contributed by atoms with van der Waals surface area (Å²) in [5.74, 6) is 0.589. The molecule has 1 rings (SSSR count). The highest BCUT2D eigenvalue weighted by molar-refractivity contribution is 4.93. The fraction of sp³-hybridized carbons (Fsp3) is 0.667. The molecule has 0 radical (unpaired) electrons. The van der Waals surface area contributed by atoms with E-state index in [1.807, 2.05) is 6.08 Å². The fourth-order valence-corrected chi connectivity index (χ4v) is 0.821. The largest absolute Gasteiger partial charge is 0.513 e. The van der Waals surface area contributed by atoms with Crippen LogP contribution in [-0.4, -0.2) is 10.6 Å². The molecule has 0 atom stereocenters. The normalized spacial score (nSPS) is 18.8. The minimum absolute atomic E-state index is 0. The summed E-state index contributed by atoms with van der Waals surface area (Å²) in [5, 5.41) is 8.77. The molecule has 1 aliphatic rings. The number of hydrogen-bond donors (Lipinski definition) is 1. The Balaban J connectivity index is 0.000000490. The lowest BCUT2D eigenvalue weighted by molar-refractivity contribution is 0.368. The Morgan fingerprint density at radius 2 is 2.12 bits per heavy atom. The number of rotatable bonds is 0. The predicted octanol–water partition coefficient (Wildman–Crippen LogP) is 1.18. The first-order valence-corrected chi connectivity index (χ1v) is 2.77. The highest BCUT2D eigenvalue weighted by Gasteiger charge is 1.97. The molecule has 0 unspecified atom stereocenters. The van der Waals surface area contributed by atoms with E-state index >= 15 is 0 Å². The van der Waals surface area contributed by atoms with Gasteiger partial charge in [-0.05, 0) is 25.3 Å². The maximum absolute atomic E-state index is 8.77. The fourth-order valence-electron chi connectivity index (χ4n) is 0.821. The van der Waals surface area contributed by atoms with Gasteiger partial charge in [0.05, 0.1) is 5.76 Å². The number of hydrogen-bond acceptors (Lipinski definition) is 1. The average Bonchev–Trinajstić information content (AvgIpc) is 1.69. The summed E-state index contributed by atoms with van der Waals surface area (Å²) in [6.45, 7) is 0. The van der Waals surface area contributed by atoms with E-state index in [0.29, 0.717) is 5.76 Å². The molecule has 0 aromatic heterocycles. The SMILES string of the molecule is O.OC1=CCCCC1. The molecule has 8 heavy (non-hydrogen) atoms. The van der Waals surface area contributed by atoms with Crippen molar-refractivity contribution in [2.45, 2.75) is 25.7 Å². The molecule has 0 saturated heterocycles. The van der Waals surface area contributed by atoms with Gasteiger partial charge in [0.25, 0.3) is 0 Å². The molecule has 0 aliphatic heterocycles. The molecule has 0 saturated carbocycles. The van der Waals surface area contributed by atoms with E-state index in [1.54, 1.807) is 0 Å². The summed E-state index contributed by atoms with van der Waals surface area (Å²) >= 11 is 0. The molecule has 0 aromatic carbocycles. The van der Waals surface area contributed by atoms with Crippen LogP contribution >= 0.6 is 0 Å². The van der Waals surface area contributed by atoms with Crippen molar-refractivity contribution in [2.24, 2.45) is 0 Å². The standard InChI is InChI=1S/C6H10O.H2O/c7-6-4-2-1-3-5-6;/h4,7H,1-3,5H2;1H2. The monoisotopic (exact) mass is 116 g/mol. The maximum atomic E-state index is 8.77. The van der Waals surface area contributed by atoms with E-state index in [2.05, 4.69) is 0 Å². The van der Waals surface area contributed by atoms with E-state index in [1.165, 1.54) is 12.8 Å². The summed E-state index contributed by atoms with van der Waals surface area (Å²) in [6, 6.07) is 0. The van der Waals surface area contributed by atoms with Crippen LogP contribution in [0.1, 0.15) is 25.7 Å². The molecule has 0 heterocycles. The van der Waals surface area contributed by atoms with Gasteiger partial charge in [-0.15, -0.1) is 0 Å². The van der Waals surface area contributed by atoms with E-state index in [0.717, 1.165) is 12.8 Å². The molecule has 0 aromatic rings. The summed E-state index contributed by atoms with van der Waals surface area (Å²) < 4.78 is 0. The van der Waals surface area contributed by atoms with Gasteiger partial charge < -0.3 is 10.6 Å². The van der Waals surface area contributed by atoms with Crippen molar-refractivity contribution in [3.05, 3.63) is 11.8 Å². The lowest BCUT2D eigenvalue weighted by atomic mass is 10.1. The number of aliphatic hydroxyl groups is 1. The quantitative estimate of drug-likeness (QED) is 0.507. The molecule has 0 fully saturated rings. The predicted molar refractivity (Wildman–Crippen MR) is 32.8 cm³/mol. The topological polar surface area (TPSA) is 51.7 Å².